The van der Waals surface area contributed by atoms with Crippen molar-refractivity contribution in [1.82, 2.24) is 10.2 Å². The summed E-state index contributed by atoms with van der Waals surface area (Å²) in [5.41, 5.74) is 0.826. The van der Waals surface area contributed by atoms with Gasteiger partial charge >= 0.3 is 0 Å². The molecule has 1 N–H and O–H groups in total. The third kappa shape index (κ3) is 4.07. The van der Waals surface area contributed by atoms with Crippen LogP contribution in [0.3, 0.4) is 0 Å². The van der Waals surface area contributed by atoms with Crippen molar-refractivity contribution >= 4 is 21.7 Å². The molecule has 0 atom stereocenters. The first-order valence-electron chi connectivity index (χ1n) is 8.65. The largest absolute Gasteiger partial charge is 0.495 e. The zero-order chi connectivity index (χ0) is 18.7. The Morgan fingerprint density at radius 2 is 1.88 bits per heavy atom. The van der Waals surface area contributed by atoms with E-state index in [0.29, 0.717) is 0 Å². The lowest BCUT2D eigenvalue weighted by Crippen LogP contribution is -2.33. The van der Waals surface area contributed by atoms with E-state index < -0.39 is 10.0 Å². The topological polar surface area (TPSA) is 84.4 Å². The molecule has 0 bridgehead atoms. The fourth-order valence-electron chi connectivity index (χ4n) is 2.97. The van der Waals surface area contributed by atoms with E-state index in [-0.39, 0.29) is 16.5 Å². The van der Waals surface area contributed by atoms with Crippen molar-refractivity contribution in [2.45, 2.75) is 31.6 Å². The Labute approximate surface area is 154 Å². The molecule has 1 aromatic heterocycles. The molecule has 2 aromatic rings. The summed E-state index contributed by atoms with van der Waals surface area (Å²) >= 11 is 0. The number of nitrogens with one attached hydrogen (secondary N) is 1. The molecule has 0 amide bonds. The molecule has 0 aliphatic carbocycles. The minimum atomic E-state index is -3.81. The van der Waals surface area contributed by atoms with E-state index in [9.17, 15) is 8.42 Å². The molecule has 0 radical (unpaired) electrons. The Morgan fingerprint density at radius 1 is 1.15 bits per heavy atom. The van der Waals surface area contributed by atoms with Gasteiger partial charge in [0, 0.05) is 13.1 Å². The van der Waals surface area contributed by atoms with Gasteiger partial charge in [0.2, 0.25) is 0 Å². The van der Waals surface area contributed by atoms with Crippen LogP contribution in [0.4, 0.5) is 11.6 Å². The summed E-state index contributed by atoms with van der Waals surface area (Å²) in [5.74, 6) is 1.97. The summed E-state index contributed by atoms with van der Waals surface area (Å²) in [7, 11) is -2.37. The zero-order valence-electron chi connectivity index (χ0n) is 15.3. The van der Waals surface area contributed by atoms with Gasteiger partial charge in [-0.25, -0.2) is 8.42 Å². The monoisotopic (exact) mass is 376 g/mol. The number of rotatable bonds is 5. The van der Waals surface area contributed by atoms with Crippen molar-refractivity contribution in [3.8, 4) is 5.75 Å². The van der Waals surface area contributed by atoms with Crippen LogP contribution in [-0.2, 0) is 10.0 Å². The molecule has 8 heteroatoms. The van der Waals surface area contributed by atoms with Gasteiger partial charge in [0.1, 0.15) is 10.6 Å². The lowest BCUT2D eigenvalue weighted by atomic mass is 9.99. The molecule has 1 aliphatic rings. The quantitative estimate of drug-likeness (QED) is 0.864. The highest BCUT2D eigenvalue weighted by molar-refractivity contribution is 7.92. The number of methoxy groups -OCH3 is 1. The molecule has 1 fully saturated rings. The molecule has 140 valence electrons. The van der Waals surface area contributed by atoms with Crippen molar-refractivity contribution in [2.75, 3.05) is 29.8 Å². The highest BCUT2D eigenvalue weighted by atomic mass is 32.2. The normalized spacial score (nSPS) is 15.7. The van der Waals surface area contributed by atoms with Gasteiger partial charge in [0.15, 0.2) is 11.6 Å². The van der Waals surface area contributed by atoms with E-state index in [1.165, 1.54) is 7.11 Å². The fraction of sp³-hybridized carbons (Fsp3) is 0.444. The summed E-state index contributed by atoms with van der Waals surface area (Å²) in [6, 6.07) is 8.44. The van der Waals surface area contributed by atoms with E-state index in [4.69, 9.17) is 4.74 Å². The molecule has 0 spiro atoms. The number of sulfonamides is 1. The summed E-state index contributed by atoms with van der Waals surface area (Å²) in [4.78, 5) is 2.25. The highest BCUT2D eigenvalue weighted by Gasteiger charge is 2.21. The number of aromatic nitrogens is 2. The maximum Gasteiger partial charge on any atom is 0.266 e. The molecule has 26 heavy (non-hydrogen) atoms. The molecular formula is C18H24N4O3S. The Hall–Kier alpha value is -2.35. The summed E-state index contributed by atoms with van der Waals surface area (Å²) < 4.78 is 33.0. The van der Waals surface area contributed by atoms with Crippen molar-refractivity contribution in [3.63, 3.8) is 0 Å². The predicted octanol–water partition coefficient (Wildman–Crippen LogP) is 2.83. The minimum Gasteiger partial charge on any atom is -0.495 e. The van der Waals surface area contributed by atoms with Gasteiger partial charge in [-0.05, 0) is 55.5 Å². The molecule has 0 unspecified atom stereocenters. The first-order valence-corrected chi connectivity index (χ1v) is 10.1. The third-order valence-electron chi connectivity index (χ3n) is 4.61. The highest BCUT2D eigenvalue weighted by Crippen LogP contribution is 2.27. The van der Waals surface area contributed by atoms with Crippen molar-refractivity contribution < 1.29 is 13.2 Å². The fourth-order valence-corrected chi connectivity index (χ4v) is 4.22. The number of hydrogen-bond acceptors (Lipinski definition) is 6. The van der Waals surface area contributed by atoms with E-state index in [0.717, 1.165) is 43.2 Å². The van der Waals surface area contributed by atoms with Crippen LogP contribution in [0.2, 0.25) is 0 Å². The molecule has 3 rings (SSSR count). The predicted molar refractivity (Wildman–Crippen MR) is 101 cm³/mol. The van der Waals surface area contributed by atoms with Gasteiger partial charge in [-0.2, -0.15) is 0 Å². The van der Waals surface area contributed by atoms with Crippen molar-refractivity contribution in [3.05, 3.63) is 35.9 Å². The van der Waals surface area contributed by atoms with E-state index in [2.05, 4.69) is 26.7 Å². The smallest absolute Gasteiger partial charge is 0.266 e. The van der Waals surface area contributed by atoms with Gasteiger partial charge in [-0.15, -0.1) is 10.2 Å². The summed E-state index contributed by atoms with van der Waals surface area (Å²) in [6.07, 6.45) is 2.26. The van der Waals surface area contributed by atoms with Crippen LogP contribution in [0.5, 0.6) is 5.75 Å². The average Bonchev–Trinajstić information content (AvgIpc) is 2.63. The molecular weight excluding hydrogens is 352 g/mol. The average molecular weight is 376 g/mol. The molecule has 0 saturated carbocycles. The van der Waals surface area contributed by atoms with E-state index in [1.54, 1.807) is 30.3 Å². The maximum atomic E-state index is 12.7. The van der Waals surface area contributed by atoms with Gasteiger partial charge in [-0.3, -0.25) is 4.72 Å². The summed E-state index contributed by atoms with van der Waals surface area (Å²) in [5, 5.41) is 8.22. The Kier molecular flexibility index (Phi) is 5.31. The molecule has 7 nitrogen and oxygen atoms in total. The number of aryl methyl sites for hydroxylation is 1. The molecule has 2 heterocycles. The van der Waals surface area contributed by atoms with Crippen LogP contribution in [0, 0.1) is 12.8 Å². The number of ether oxygens (including phenoxy) is 1. The lowest BCUT2D eigenvalue weighted by Gasteiger charge is -2.30. The standard InChI is InChI=1S/C18H24N4O3S/c1-13-8-10-22(11-9-13)18-7-6-17(19-20-18)21-26(23,24)16-12-14(2)4-5-15(16)25-3/h4-7,12-13H,8-11H2,1-3H3,(H,19,21). The number of piperidine rings is 1. The Balaban J connectivity index is 1.77. The number of hydrogen-bond donors (Lipinski definition) is 1. The van der Waals surface area contributed by atoms with Crippen molar-refractivity contribution in [1.29, 1.82) is 0 Å². The Morgan fingerprint density at radius 3 is 2.50 bits per heavy atom. The third-order valence-corrected chi connectivity index (χ3v) is 5.98. The van der Waals surface area contributed by atoms with Crippen molar-refractivity contribution in [2.24, 2.45) is 5.92 Å². The van der Waals surface area contributed by atoms with E-state index >= 15 is 0 Å². The minimum absolute atomic E-state index is 0.0795. The van der Waals surface area contributed by atoms with Gasteiger partial charge in [-0.1, -0.05) is 13.0 Å². The van der Waals surface area contributed by atoms with Crippen LogP contribution in [-0.4, -0.2) is 38.8 Å². The molecule has 1 aliphatic heterocycles. The van der Waals surface area contributed by atoms with Crippen LogP contribution in [0.25, 0.3) is 0 Å². The number of benzene rings is 1. The van der Waals surface area contributed by atoms with Crippen LogP contribution in [0.1, 0.15) is 25.3 Å². The van der Waals surface area contributed by atoms with Gasteiger partial charge in [0.25, 0.3) is 10.0 Å². The second-order valence-corrected chi connectivity index (χ2v) is 8.36. The summed E-state index contributed by atoms with van der Waals surface area (Å²) in [6.45, 7) is 5.97. The van der Waals surface area contributed by atoms with E-state index in [1.807, 2.05) is 6.92 Å². The first kappa shape index (κ1) is 18.4. The zero-order valence-corrected chi connectivity index (χ0v) is 16.1. The Bertz CT molecular complexity index is 861. The molecule has 1 saturated heterocycles. The second kappa shape index (κ2) is 7.49. The van der Waals surface area contributed by atoms with Crippen LogP contribution in [0.15, 0.2) is 35.2 Å². The van der Waals surface area contributed by atoms with Crippen LogP contribution < -0.4 is 14.4 Å². The van der Waals surface area contributed by atoms with Gasteiger partial charge in [0.05, 0.1) is 7.11 Å². The SMILES string of the molecule is COc1ccc(C)cc1S(=O)(=O)Nc1ccc(N2CCC(C)CC2)nn1. The van der Waals surface area contributed by atoms with Gasteiger partial charge < -0.3 is 9.64 Å². The lowest BCUT2D eigenvalue weighted by molar-refractivity contribution is 0.402. The number of anilines is 2. The second-order valence-electron chi connectivity index (χ2n) is 6.71. The number of nitrogens with zero attached hydrogens (tertiary/aromatic N) is 3. The van der Waals surface area contributed by atoms with Crippen LogP contribution >= 0.6 is 0 Å². The molecule has 1 aromatic carbocycles. The maximum absolute atomic E-state index is 12.7. The first-order chi connectivity index (χ1) is 12.4.